The second kappa shape index (κ2) is 7.46. The molecule has 0 saturated heterocycles. The minimum absolute atomic E-state index is 0.0838. The zero-order chi connectivity index (χ0) is 19.6. The quantitative estimate of drug-likeness (QED) is 0.627. The van der Waals surface area contributed by atoms with E-state index in [0.717, 1.165) is 18.4 Å². The molecule has 27 heavy (non-hydrogen) atoms. The minimum atomic E-state index is -0.921. The zero-order valence-corrected chi connectivity index (χ0v) is 15.9. The topological polar surface area (TPSA) is 66.8 Å². The first kappa shape index (κ1) is 19.0. The molecule has 1 aliphatic carbocycles. The van der Waals surface area contributed by atoms with Gasteiger partial charge in [0.25, 0.3) is 0 Å². The Hall–Kier alpha value is -2.77. The Morgan fingerprint density at radius 2 is 2.00 bits per heavy atom. The fourth-order valence-corrected chi connectivity index (χ4v) is 3.59. The molecule has 0 heterocycles. The lowest BCUT2D eigenvalue weighted by molar-refractivity contribution is 0.0597. The summed E-state index contributed by atoms with van der Waals surface area (Å²) in [6.07, 6.45) is 2.48. The first-order valence-electron chi connectivity index (χ1n) is 9.06. The number of carbonyl (C=O) groups is 1. The van der Waals surface area contributed by atoms with Gasteiger partial charge in [-0.05, 0) is 59.6 Å². The Bertz CT molecular complexity index is 931. The second-order valence-electron chi connectivity index (χ2n) is 7.55. The average Bonchev–Trinajstić information content (AvgIpc) is 2.65. The number of hydrogen-bond acceptors (Lipinski definition) is 4. The van der Waals surface area contributed by atoms with Crippen LogP contribution in [0, 0.1) is 11.8 Å². The number of phenolic OH excluding ortho intramolecular Hbond substituents is 1. The Balaban J connectivity index is 1.84. The van der Waals surface area contributed by atoms with E-state index < -0.39 is 12.1 Å². The zero-order valence-electron chi connectivity index (χ0n) is 15.9. The summed E-state index contributed by atoms with van der Waals surface area (Å²) in [5.74, 6) is 4.87. The Kier molecular flexibility index (Phi) is 5.25. The van der Waals surface area contributed by atoms with E-state index in [0.29, 0.717) is 5.56 Å². The predicted molar refractivity (Wildman–Crippen MR) is 104 cm³/mol. The van der Waals surface area contributed by atoms with Crippen LogP contribution in [-0.2, 0) is 16.6 Å². The number of ether oxygens (including phenoxy) is 1. The Morgan fingerprint density at radius 1 is 1.22 bits per heavy atom. The maximum Gasteiger partial charge on any atom is 0.341 e. The smallest absolute Gasteiger partial charge is 0.341 e. The Morgan fingerprint density at radius 3 is 2.70 bits per heavy atom. The molecule has 3 rings (SSSR count). The number of aryl methyl sites for hydroxylation is 1. The second-order valence-corrected chi connectivity index (χ2v) is 7.55. The molecule has 2 aromatic carbocycles. The van der Waals surface area contributed by atoms with E-state index in [4.69, 9.17) is 0 Å². The van der Waals surface area contributed by atoms with E-state index in [1.165, 1.54) is 36.8 Å². The van der Waals surface area contributed by atoms with Crippen LogP contribution in [0.1, 0.15) is 65.4 Å². The standard InChI is InChI=1S/C23H24O4/c1-23(2)12-4-5-16-8-9-17(14-19(16)23)20(24)11-7-15-6-10-18(21(25)13-15)22(26)27-3/h6,8-10,13-14,20,24-25H,4-5,12H2,1-3H3. The van der Waals surface area contributed by atoms with Gasteiger partial charge in [0.1, 0.15) is 17.4 Å². The van der Waals surface area contributed by atoms with Gasteiger partial charge in [-0.3, -0.25) is 0 Å². The van der Waals surface area contributed by atoms with Crippen LogP contribution < -0.4 is 0 Å². The van der Waals surface area contributed by atoms with E-state index in [1.54, 1.807) is 6.07 Å². The summed E-state index contributed by atoms with van der Waals surface area (Å²) >= 11 is 0. The minimum Gasteiger partial charge on any atom is -0.507 e. The number of methoxy groups -OCH3 is 1. The fourth-order valence-electron chi connectivity index (χ4n) is 3.59. The van der Waals surface area contributed by atoms with Gasteiger partial charge in [-0.15, -0.1) is 0 Å². The van der Waals surface area contributed by atoms with Crippen LogP contribution in [0.4, 0.5) is 0 Å². The molecule has 140 valence electrons. The first-order valence-corrected chi connectivity index (χ1v) is 9.06. The fraction of sp³-hybridized carbons (Fsp3) is 0.348. The summed E-state index contributed by atoms with van der Waals surface area (Å²) in [5, 5.41) is 20.4. The number of aliphatic hydroxyl groups excluding tert-OH is 1. The third kappa shape index (κ3) is 3.99. The summed E-state index contributed by atoms with van der Waals surface area (Å²) in [4.78, 5) is 11.5. The van der Waals surface area contributed by atoms with Crippen LogP contribution >= 0.6 is 0 Å². The molecule has 0 amide bonds. The van der Waals surface area contributed by atoms with Crippen LogP contribution in [0.5, 0.6) is 5.75 Å². The van der Waals surface area contributed by atoms with Crippen molar-refractivity contribution in [2.75, 3.05) is 7.11 Å². The lowest BCUT2D eigenvalue weighted by Crippen LogP contribution is -2.24. The number of aromatic hydroxyl groups is 1. The van der Waals surface area contributed by atoms with Crippen molar-refractivity contribution in [3.05, 3.63) is 64.2 Å². The number of aliphatic hydroxyl groups is 1. The number of carbonyl (C=O) groups excluding carboxylic acids is 1. The third-order valence-corrected chi connectivity index (χ3v) is 5.18. The van der Waals surface area contributed by atoms with Crippen molar-refractivity contribution in [1.29, 1.82) is 0 Å². The molecular formula is C23H24O4. The van der Waals surface area contributed by atoms with Crippen LogP contribution in [0.3, 0.4) is 0 Å². The third-order valence-electron chi connectivity index (χ3n) is 5.18. The molecule has 0 radical (unpaired) electrons. The Labute approximate surface area is 159 Å². The predicted octanol–water partition coefficient (Wildman–Crippen LogP) is 3.88. The summed E-state index contributed by atoms with van der Waals surface area (Å²) in [6.45, 7) is 4.47. The van der Waals surface area contributed by atoms with Gasteiger partial charge >= 0.3 is 5.97 Å². The SMILES string of the molecule is COC(=O)c1ccc(C#CC(O)c2ccc3c(c2)C(C)(C)CCC3)cc1O. The summed E-state index contributed by atoms with van der Waals surface area (Å²) in [5.41, 5.74) is 4.10. The molecule has 1 unspecified atom stereocenters. The maximum atomic E-state index is 11.5. The van der Waals surface area contributed by atoms with Crippen molar-refractivity contribution in [2.45, 2.75) is 44.6 Å². The van der Waals surface area contributed by atoms with E-state index >= 15 is 0 Å². The van der Waals surface area contributed by atoms with Crippen molar-refractivity contribution >= 4 is 5.97 Å². The molecule has 0 bridgehead atoms. The van der Waals surface area contributed by atoms with E-state index in [1.807, 2.05) is 6.07 Å². The van der Waals surface area contributed by atoms with Crippen LogP contribution in [0.2, 0.25) is 0 Å². The van der Waals surface area contributed by atoms with Gasteiger partial charge < -0.3 is 14.9 Å². The van der Waals surface area contributed by atoms with Gasteiger partial charge in [-0.25, -0.2) is 4.79 Å². The monoisotopic (exact) mass is 364 g/mol. The first-order chi connectivity index (χ1) is 12.8. The van der Waals surface area contributed by atoms with Crippen molar-refractivity contribution in [3.63, 3.8) is 0 Å². The van der Waals surface area contributed by atoms with Crippen molar-refractivity contribution in [3.8, 4) is 17.6 Å². The van der Waals surface area contributed by atoms with Gasteiger partial charge in [0.05, 0.1) is 7.11 Å². The maximum absolute atomic E-state index is 11.5. The van der Waals surface area contributed by atoms with Gasteiger partial charge in [0, 0.05) is 5.56 Å². The largest absolute Gasteiger partial charge is 0.507 e. The average molecular weight is 364 g/mol. The molecule has 0 saturated carbocycles. The van der Waals surface area contributed by atoms with E-state index in [2.05, 4.69) is 42.6 Å². The lowest BCUT2D eigenvalue weighted by Gasteiger charge is -2.33. The van der Waals surface area contributed by atoms with Crippen molar-refractivity contribution < 1.29 is 19.7 Å². The molecule has 0 aliphatic heterocycles. The van der Waals surface area contributed by atoms with Gasteiger partial charge in [-0.2, -0.15) is 0 Å². The van der Waals surface area contributed by atoms with Crippen LogP contribution in [0.25, 0.3) is 0 Å². The molecule has 1 atom stereocenters. The van der Waals surface area contributed by atoms with Crippen molar-refractivity contribution in [1.82, 2.24) is 0 Å². The molecule has 2 aromatic rings. The van der Waals surface area contributed by atoms with Crippen LogP contribution in [0.15, 0.2) is 36.4 Å². The molecule has 2 N–H and O–H groups in total. The van der Waals surface area contributed by atoms with Gasteiger partial charge in [0.2, 0.25) is 0 Å². The molecule has 0 aromatic heterocycles. The molecule has 4 nitrogen and oxygen atoms in total. The van der Waals surface area contributed by atoms with Crippen LogP contribution in [-0.4, -0.2) is 23.3 Å². The highest BCUT2D eigenvalue weighted by Crippen LogP contribution is 2.37. The number of rotatable bonds is 2. The van der Waals surface area contributed by atoms with Gasteiger partial charge in [0.15, 0.2) is 0 Å². The number of benzene rings is 2. The highest BCUT2D eigenvalue weighted by atomic mass is 16.5. The van der Waals surface area contributed by atoms with Gasteiger partial charge in [-0.1, -0.05) is 43.9 Å². The number of phenols is 1. The molecule has 0 spiro atoms. The lowest BCUT2D eigenvalue weighted by atomic mass is 9.72. The molecule has 4 heteroatoms. The number of fused-ring (bicyclic) bond motifs is 1. The number of hydrogen-bond donors (Lipinski definition) is 2. The van der Waals surface area contributed by atoms with E-state index in [9.17, 15) is 15.0 Å². The highest BCUT2D eigenvalue weighted by Gasteiger charge is 2.27. The normalized spacial score (nSPS) is 15.9. The molecule has 1 aliphatic rings. The molecule has 0 fully saturated rings. The summed E-state index contributed by atoms with van der Waals surface area (Å²) in [7, 11) is 1.26. The summed E-state index contributed by atoms with van der Waals surface area (Å²) in [6, 6.07) is 10.5. The van der Waals surface area contributed by atoms with E-state index in [-0.39, 0.29) is 16.7 Å². The van der Waals surface area contributed by atoms with Crippen molar-refractivity contribution in [2.24, 2.45) is 0 Å². The molecular weight excluding hydrogens is 340 g/mol. The number of esters is 1. The summed E-state index contributed by atoms with van der Waals surface area (Å²) < 4.78 is 4.60. The highest BCUT2D eigenvalue weighted by molar-refractivity contribution is 5.92.